The molecule has 1 unspecified atom stereocenters. The summed E-state index contributed by atoms with van der Waals surface area (Å²) in [5.41, 5.74) is 17.1. The monoisotopic (exact) mass is 801 g/mol. The van der Waals surface area contributed by atoms with E-state index in [4.69, 9.17) is 0 Å². The van der Waals surface area contributed by atoms with Crippen molar-refractivity contribution in [2.24, 2.45) is 0 Å². The van der Waals surface area contributed by atoms with E-state index in [-0.39, 0.29) is 5.41 Å². The Balaban J connectivity index is 1.03. The van der Waals surface area contributed by atoms with E-state index in [0.29, 0.717) is 0 Å². The summed E-state index contributed by atoms with van der Waals surface area (Å²) in [6, 6.07) is 89.3. The minimum Gasteiger partial charge on any atom is -0.310 e. The number of rotatable bonds is 7. The van der Waals surface area contributed by atoms with Gasteiger partial charge in [-0.2, -0.15) is 0 Å². The van der Waals surface area contributed by atoms with Gasteiger partial charge in [0.15, 0.2) is 0 Å². The molecule has 63 heavy (non-hydrogen) atoms. The molecule has 0 N–H and O–H groups in total. The molecule has 11 aromatic carbocycles. The molecule has 0 spiro atoms. The lowest BCUT2D eigenvalue weighted by Gasteiger charge is -2.28. The molecule has 12 rings (SSSR count). The molecular weight excluding hydrogens is 759 g/mol. The highest BCUT2D eigenvalue weighted by molar-refractivity contribution is 6.09. The number of anilines is 3. The largest absolute Gasteiger partial charge is 0.310 e. The molecule has 0 bridgehead atoms. The first kappa shape index (κ1) is 36.8. The van der Waals surface area contributed by atoms with Crippen molar-refractivity contribution in [3.8, 4) is 44.5 Å². The van der Waals surface area contributed by atoms with Crippen molar-refractivity contribution in [2.75, 3.05) is 4.90 Å². The third kappa shape index (κ3) is 5.92. The predicted octanol–water partition coefficient (Wildman–Crippen LogP) is 17.0. The fourth-order valence-corrected chi connectivity index (χ4v) is 10.5. The molecule has 0 radical (unpaired) electrons. The summed E-state index contributed by atoms with van der Waals surface area (Å²) in [7, 11) is 0. The maximum atomic E-state index is 2.43. The minimum atomic E-state index is -0.272. The van der Waals surface area contributed by atoms with E-state index in [1.165, 1.54) is 93.5 Å². The topological polar surface area (TPSA) is 3.24 Å². The zero-order chi connectivity index (χ0) is 41.9. The van der Waals surface area contributed by atoms with Crippen molar-refractivity contribution < 1.29 is 0 Å². The standard InChI is InChI=1S/C62H43N/c1-62(46-20-3-2-4-21-46)58-31-10-9-24-57(58)61-56(30-14-32-59(61)62)54-27-13-29-55-53(54)28-15-33-60(55)63(47-38-34-44(35-39-47)51-25-11-18-42-16-5-7-22-49(42)51)48-40-36-45(37-41-48)52-26-12-19-43-17-6-8-23-50(43)52/h2-41H,1H3. The first-order chi connectivity index (χ1) is 31.1. The molecule has 0 heterocycles. The van der Waals surface area contributed by atoms with E-state index < -0.39 is 0 Å². The Bertz CT molecular complexity index is 3380. The highest BCUT2D eigenvalue weighted by atomic mass is 15.1. The van der Waals surface area contributed by atoms with Crippen molar-refractivity contribution in [1.29, 1.82) is 0 Å². The molecule has 0 aromatic heterocycles. The van der Waals surface area contributed by atoms with Crippen LogP contribution in [-0.4, -0.2) is 0 Å². The smallest absolute Gasteiger partial charge is 0.0540 e. The van der Waals surface area contributed by atoms with Crippen LogP contribution in [0.5, 0.6) is 0 Å². The van der Waals surface area contributed by atoms with Crippen LogP contribution in [0.4, 0.5) is 17.1 Å². The normalized spacial score (nSPS) is 14.2. The maximum absolute atomic E-state index is 2.43. The van der Waals surface area contributed by atoms with Gasteiger partial charge in [0.05, 0.1) is 5.69 Å². The summed E-state index contributed by atoms with van der Waals surface area (Å²) in [5.74, 6) is 0. The molecule has 0 aliphatic heterocycles. The molecule has 1 nitrogen and oxygen atoms in total. The summed E-state index contributed by atoms with van der Waals surface area (Å²) in [4.78, 5) is 2.43. The van der Waals surface area contributed by atoms with E-state index in [1.54, 1.807) is 0 Å². The lowest BCUT2D eigenvalue weighted by atomic mass is 9.74. The van der Waals surface area contributed by atoms with Crippen LogP contribution in [-0.2, 0) is 5.41 Å². The van der Waals surface area contributed by atoms with Crippen molar-refractivity contribution in [3.05, 3.63) is 259 Å². The molecule has 0 saturated heterocycles. The van der Waals surface area contributed by atoms with Crippen LogP contribution < -0.4 is 4.90 Å². The second kappa shape index (κ2) is 14.9. The van der Waals surface area contributed by atoms with E-state index in [0.717, 1.165) is 17.1 Å². The van der Waals surface area contributed by atoms with E-state index in [9.17, 15) is 0 Å². The van der Waals surface area contributed by atoms with Crippen molar-refractivity contribution in [1.82, 2.24) is 0 Å². The molecule has 1 atom stereocenters. The number of hydrogen-bond donors (Lipinski definition) is 0. The van der Waals surface area contributed by atoms with E-state index >= 15 is 0 Å². The van der Waals surface area contributed by atoms with E-state index in [2.05, 4.69) is 254 Å². The highest BCUT2D eigenvalue weighted by Gasteiger charge is 2.41. The van der Waals surface area contributed by atoms with Gasteiger partial charge in [-0.15, -0.1) is 0 Å². The highest BCUT2D eigenvalue weighted by Crippen LogP contribution is 2.56. The van der Waals surface area contributed by atoms with Gasteiger partial charge >= 0.3 is 0 Å². The van der Waals surface area contributed by atoms with Gasteiger partial charge < -0.3 is 4.90 Å². The Morgan fingerprint density at radius 2 is 0.746 bits per heavy atom. The van der Waals surface area contributed by atoms with Crippen LogP contribution >= 0.6 is 0 Å². The van der Waals surface area contributed by atoms with E-state index in [1.807, 2.05) is 0 Å². The second-order valence-electron chi connectivity index (χ2n) is 16.9. The van der Waals surface area contributed by atoms with Crippen LogP contribution in [0, 0.1) is 0 Å². The Kier molecular flexibility index (Phi) is 8.69. The van der Waals surface area contributed by atoms with Crippen molar-refractivity contribution in [3.63, 3.8) is 0 Å². The van der Waals surface area contributed by atoms with Gasteiger partial charge in [0, 0.05) is 22.2 Å². The SMILES string of the molecule is CC1(c2ccccc2)c2ccccc2-c2c(-c3cccc4c(N(c5ccc(-c6cccc7ccccc67)cc5)c5ccc(-c6cccc7ccccc67)cc5)cccc34)cccc21. The zero-order valence-corrected chi connectivity index (χ0v) is 35.0. The molecule has 0 amide bonds. The fraction of sp³-hybridized carbons (Fsp3) is 0.0323. The van der Waals surface area contributed by atoms with Gasteiger partial charge in [0.2, 0.25) is 0 Å². The maximum Gasteiger partial charge on any atom is 0.0540 e. The molecule has 0 saturated carbocycles. The van der Waals surface area contributed by atoms with Gasteiger partial charge in [-0.05, 0) is 125 Å². The Morgan fingerprint density at radius 3 is 1.41 bits per heavy atom. The zero-order valence-electron chi connectivity index (χ0n) is 35.0. The van der Waals surface area contributed by atoms with Gasteiger partial charge in [0.1, 0.15) is 0 Å². The van der Waals surface area contributed by atoms with Crippen molar-refractivity contribution >= 4 is 49.4 Å². The number of nitrogens with zero attached hydrogens (tertiary/aromatic N) is 1. The van der Waals surface area contributed by atoms with Crippen LogP contribution in [0.25, 0.3) is 76.8 Å². The third-order valence-corrected chi connectivity index (χ3v) is 13.6. The average Bonchev–Trinajstić information content (AvgIpc) is 3.63. The summed E-state index contributed by atoms with van der Waals surface area (Å²) in [5, 5.41) is 7.43. The summed E-state index contributed by atoms with van der Waals surface area (Å²) in [6.45, 7) is 2.40. The Labute approximate surface area is 368 Å². The van der Waals surface area contributed by atoms with Gasteiger partial charge in [0.25, 0.3) is 0 Å². The van der Waals surface area contributed by atoms with Crippen LogP contribution in [0.2, 0.25) is 0 Å². The lowest BCUT2D eigenvalue weighted by Crippen LogP contribution is -2.22. The number of benzene rings is 11. The fourth-order valence-electron chi connectivity index (χ4n) is 10.5. The third-order valence-electron chi connectivity index (χ3n) is 13.6. The quantitative estimate of drug-likeness (QED) is 0.155. The molecule has 1 aliphatic rings. The molecule has 0 fully saturated rings. The summed E-state index contributed by atoms with van der Waals surface area (Å²) in [6.07, 6.45) is 0. The first-order valence-electron chi connectivity index (χ1n) is 21.9. The van der Waals surface area contributed by atoms with Crippen molar-refractivity contribution in [2.45, 2.75) is 12.3 Å². The second-order valence-corrected chi connectivity index (χ2v) is 16.9. The lowest BCUT2D eigenvalue weighted by molar-refractivity contribution is 0.714. The molecule has 296 valence electrons. The average molecular weight is 802 g/mol. The number of fused-ring (bicyclic) bond motifs is 6. The summed E-state index contributed by atoms with van der Waals surface area (Å²) < 4.78 is 0. The molecule has 1 aliphatic carbocycles. The minimum absolute atomic E-state index is 0.272. The van der Waals surface area contributed by atoms with Crippen LogP contribution in [0.1, 0.15) is 23.6 Å². The number of hydrogen-bond acceptors (Lipinski definition) is 1. The van der Waals surface area contributed by atoms with Crippen LogP contribution in [0.3, 0.4) is 0 Å². The van der Waals surface area contributed by atoms with Gasteiger partial charge in [-0.3, -0.25) is 0 Å². The Hall–Kier alpha value is -8.00. The Morgan fingerprint density at radius 1 is 0.302 bits per heavy atom. The van der Waals surface area contributed by atoms with Gasteiger partial charge in [-0.1, -0.05) is 212 Å². The summed E-state index contributed by atoms with van der Waals surface area (Å²) >= 11 is 0. The molecule has 11 aromatic rings. The first-order valence-corrected chi connectivity index (χ1v) is 21.9. The molecule has 1 heteroatoms. The van der Waals surface area contributed by atoms with Crippen LogP contribution in [0.15, 0.2) is 243 Å². The predicted molar refractivity (Wildman–Crippen MR) is 267 cm³/mol. The van der Waals surface area contributed by atoms with Gasteiger partial charge in [-0.25, -0.2) is 0 Å². The molecular formula is C62H43N.